The van der Waals surface area contributed by atoms with Gasteiger partial charge in [0.1, 0.15) is 4.92 Å². The van der Waals surface area contributed by atoms with Gasteiger partial charge >= 0.3 is 11.9 Å². The summed E-state index contributed by atoms with van der Waals surface area (Å²) in [5.74, 6) is -0.331. The molecule has 1 aliphatic heterocycles. The second kappa shape index (κ2) is 8.90. The third-order valence-electron chi connectivity index (χ3n) is 3.51. The van der Waals surface area contributed by atoms with Gasteiger partial charge in [-0.2, -0.15) is 11.8 Å². The number of nitrogens with two attached hydrogens (primary N) is 1. The summed E-state index contributed by atoms with van der Waals surface area (Å²) in [7, 11) is 0. The molecule has 10 heteroatoms. The highest BCUT2D eigenvalue weighted by molar-refractivity contribution is 7.99. The van der Waals surface area contributed by atoms with Crippen molar-refractivity contribution < 1.29 is 24.0 Å². The molecular formula is C16H17N3O6S. The molecule has 1 aliphatic rings. The van der Waals surface area contributed by atoms with Crippen LogP contribution in [0.15, 0.2) is 40.8 Å². The summed E-state index contributed by atoms with van der Waals surface area (Å²) in [5.41, 5.74) is 6.94. The number of carboxylic acid groups (broad SMARTS) is 1. The van der Waals surface area contributed by atoms with Crippen molar-refractivity contribution in [2.75, 3.05) is 29.5 Å². The van der Waals surface area contributed by atoms with Crippen molar-refractivity contribution >= 4 is 35.2 Å². The number of hydrogen-bond acceptors (Lipinski definition) is 7. The lowest BCUT2D eigenvalue weighted by Gasteiger charge is -2.28. The Morgan fingerprint density at radius 1 is 1.15 bits per heavy atom. The maximum Gasteiger partial charge on any atom is 0.433 e. The Morgan fingerprint density at radius 2 is 1.77 bits per heavy atom. The first-order valence-electron chi connectivity index (χ1n) is 7.58. The molecule has 0 aliphatic carbocycles. The number of rotatable bonds is 4. The minimum Gasteiger partial charge on any atom is -0.475 e. The van der Waals surface area contributed by atoms with E-state index in [1.165, 1.54) is 17.2 Å². The zero-order valence-electron chi connectivity index (χ0n) is 13.7. The predicted octanol–water partition coefficient (Wildman–Crippen LogP) is 2.22. The van der Waals surface area contributed by atoms with Gasteiger partial charge in [0.05, 0.1) is 6.07 Å². The zero-order valence-corrected chi connectivity index (χ0v) is 14.5. The van der Waals surface area contributed by atoms with Crippen LogP contribution in [0.4, 0.5) is 11.6 Å². The van der Waals surface area contributed by atoms with E-state index in [2.05, 4.69) is 9.32 Å². The van der Waals surface area contributed by atoms with E-state index in [-0.39, 0.29) is 5.91 Å². The molecule has 1 amide bonds. The Kier molecular flexibility index (Phi) is 6.61. The number of anilines is 1. The number of primary amides is 1. The third kappa shape index (κ3) is 5.24. The Labute approximate surface area is 152 Å². The summed E-state index contributed by atoms with van der Waals surface area (Å²) < 4.78 is 4.31. The minimum absolute atomic E-state index is 0.365. The number of thioether (sulfide) groups is 1. The molecule has 3 rings (SSSR count). The van der Waals surface area contributed by atoms with Crippen LogP contribution in [0.5, 0.6) is 0 Å². The normalized spacial score (nSPS) is 13.5. The van der Waals surface area contributed by atoms with Gasteiger partial charge in [-0.25, -0.2) is 4.79 Å². The lowest BCUT2D eigenvalue weighted by atomic mass is 10.2. The van der Waals surface area contributed by atoms with Crippen LogP contribution in [0.1, 0.15) is 20.9 Å². The molecule has 0 saturated carbocycles. The van der Waals surface area contributed by atoms with Gasteiger partial charge in [-0.1, -0.05) is 0 Å². The van der Waals surface area contributed by atoms with Crippen molar-refractivity contribution in [2.45, 2.75) is 0 Å². The van der Waals surface area contributed by atoms with E-state index in [0.29, 0.717) is 5.56 Å². The smallest absolute Gasteiger partial charge is 0.433 e. The molecule has 138 valence electrons. The molecule has 3 N–H and O–H groups in total. The van der Waals surface area contributed by atoms with Crippen LogP contribution in [0.3, 0.4) is 0 Å². The summed E-state index contributed by atoms with van der Waals surface area (Å²) in [6.07, 6.45) is 0. The number of nitrogens with zero attached hydrogens (tertiary/aromatic N) is 2. The Balaban J connectivity index is 0.000000197. The van der Waals surface area contributed by atoms with Gasteiger partial charge in [0.15, 0.2) is 0 Å². The van der Waals surface area contributed by atoms with Crippen LogP contribution in [0.2, 0.25) is 0 Å². The van der Waals surface area contributed by atoms with Gasteiger partial charge < -0.3 is 20.2 Å². The van der Waals surface area contributed by atoms with Crippen molar-refractivity contribution in [3.63, 3.8) is 0 Å². The molecule has 2 heterocycles. The molecule has 2 aromatic rings. The van der Waals surface area contributed by atoms with Crippen LogP contribution < -0.4 is 10.6 Å². The first kappa shape index (κ1) is 19.3. The highest BCUT2D eigenvalue weighted by Gasteiger charge is 2.15. The maximum absolute atomic E-state index is 10.9. The second-order valence-corrected chi connectivity index (χ2v) is 6.44. The molecule has 0 radical (unpaired) electrons. The van der Waals surface area contributed by atoms with E-state index in [9.17, 15) is 19.7 Å². The number of carbonyl (C=O) groups is 2. The summed E-state index contributed by atoms with van der Waals surface area (Å²) in [6.45, 7) is 2.17. The first-order valence-corrected chi connectivity index (χ1v) is 8.74. The summed E-state index contributed by atoms with van der Waals surface area (Å²) >= 11 is 1.99. The van der Waals surface area contributed by atoms with Crippen LogP contribution in [-0.2, 0) is 0 Å². The molecule has 1 aromatic heterocycles. The highest BCUT2D eigenvalue weighted by Crippen LogP contribution is 2.19. The molecule has 0 spiro atoms. The van der Waals surface area contributed by atoms with Gasteiger partial charge in [0.25, 0.3) is 0 Å². The van der Waals surface area contributed by atoms with Crippen LogP contribution in [0.25, 0.3) is 0 Å². The molecule has 0 atom stereocenters. The van der Waals surface area contributed by atoms with Crippen LogP contribution in [-0.4, -0.2) is 46.5 Å². The van der Waals surface area contributed by atoms with E-state index in [0.717, 1.165) is 25.2 Å². The van der Waals surface area contributed by atoms with Crippen LogP contribution in [0, 0.1) is 10.1 Å². The molecule has 26 heavy (non-hydrogen) atoms. The number of nitro groups is 1. The van der Waals surface area contributed by atoms with Crippen molar-refractivity contribution in [1.29, 1.82) is 0 Å². The largest absolute Gasteiger partial charge is 0.475 e. The highest BCUT2D eigenvalue weighted by atomic mass is 32.2. The molecule has 0 bridgehead atoms. The van der Waals surface area contributed by atoms with Gasteiger partial charge in [0, 0.05) is 35.8 Å². The minimum atomic E-state index is -1.32. The summed E-state index contributed by atoms with van der Waals surface area (Å²) in [5, 5.41) is 18.2. The fourth-order valence-corrected chi connectivity index (χ4v) is 3.10. The van der Waals surface area contributed by atoms with E-state index in [1.807, 2.05) is 23.9 Å². The van der Waals surface area contributed by atoms with Gasteiger partial charge in [-0.05, 0) is 30.3 Å². The number of carbonyl (C=O) groups excluding carboxylic acids is 1. The predicted molar refractivity (Wildman–Crippen MR) is 96.8 cm³/mol. The molecule has 1 saturated heterocycles. The Morgan fingerprint density at radius 3 is 2.19 bits per heavy atom. The Hall–Kier alpha value is -3.01. The monoisotopic (exact) mass is 379 g/mol. The topological polar surface area (TPSA) is 140 Å². The average molecular weight is 379 g/mol. The number of aromatic carboxylic acids is 1. The summed E-state index contributed by atoms with van der Waals surface area (Å²) in [4.78, 5) is 32.5. The lowest BCUT2D eigenvalue weighted by molar-refractivity contribution is -0.402. The van der Waals surface area contributed by atoms with Crippen LogP contribution >= 0.6 is 11.8 Å². The number of furan rings is 1. The van der Waals surface area contributed by atoms with E-state index in [4.69, 9.17) is 10.8 Å². The number of carboxylic acids is 1. The van der Waals surface area contributed by atoms with E-state index < -0.39 is 22.5 Å². The van der Waals surface area contributed by atoms with Crippen molar-refractivity contribution in [1.82, 2.24) is 0 Å². The fourth-order valence-electron chi connectivity index (χ4n) is 2.20. The standard InChI is InChI=1S/C11H14N2OS.C5H3NO5/c12-11(14)9-1-3-10(4-2-9)13-5-7-15-8-6-13;7-5(8)3-1-2-4(11-3)6(9)10/h1-4H,5-8H2,(H2,12,14);1-2H,(H,7,8). The maximum atomic E-state index is 10.9. The quantitative estimate of drug-likeness (QED) is 0.609. The van der Waals surface area contributed by atoms with Gasteiger partial charge in [-0.3, -0.25) is 14.9 Å². The molecular weight excluding hydrogens is 362 g/mol. The van der Waals surface area contributed by atoms with Crippen molar-refractivity contribution in [2.24, 2.45) is 5.73 Å². The van der Waals surface area contributed by atoms with E-state index >= 15 is 0 Å². The lowest BCUT2D eigenvalue weighted by Crippen LogP contribution is -2.32. The molecule has 9 nitrogen and oxygen atoms in total. The van der Waals surface area contributed by atoms with Gasteiger partial charge in [0.2, 0.25) is 11.7 Å². The summed E-state index contributed by atoms with van der Waals surface area (Å²) in [6, 6.07) is 9.54. The van der Waals surface area contributed by atoms with Crippen molar-refractivity contribution in [3.05, 3.63) is 57.8 Å². The first-order chi connectivity index (χ1) is 12.4. The molecule has 1 aromatic carbocycles. The van der Waals surface area contributed by atoms with Gasteiger partial charge in [-0.15, -0.1) is 0 Å². The third-order valence-corrected chi connectivity index (χ3v) is 4.45. The average Bonchev–Trinajstić information content (AvgIpc) is 3.14. The Bertz CT molecular complexity index is 755. The zero-order chi connectivity index (χ0) is 19.1. The molecule has 0 unspecified atom stereocenters. The number of benzene rings is 1. The van der Waals surface area contributed by atoms with E-state index in [1.54, 1.807) is 12.1 Å². The second-order valence-electron chi connectivity index (χ2n) is 5.21. The fraction of sp³-hybridized carbons (Fsp3) is 0.250. The SMILES string of the molecule is NC(=O)c1ccc(N2CCSCC2)cc1.O=C(O)c1ccc([N+](=O)[O-])o1. The van der Waals surface area contributed by atoms with Crippen molar-refractivity contribution in [3.8, 4) is 0 Å². The number of amides is 1. The molecule has 1 fully saturated rings. The number of hydrogen-bond donors (Lipinski definition) is 2.